The highest BCUT2D eigenvalue weighted by atomic mass is 127. The van der Waals surface area contributed by atoms with E-state index in [2.05, 4.69) is 209 Å². The standard InChI is InChI=1S/C27H18N4O2.C27H18N4.C15H11N3.C12H8INO2.3CH4/c32-31(33)26-9-4-1-6-22(26)19-10-12-20(13-11-19)30-25-8-3-2-7-23(25)24-15-14-21(18-27(24)30)29-17-5-16-28-29;1-3-8-24-20(6-1)21-12-11-19(16-25(21)29-24)31-26-9-4-2-7-22(26)23-13-10-18(17-27(23)31)30-15-5-14-28-30;1-2-5-14-12(4-1)13-7-6-11(10-15(13)17-14)18-9-3-8-16-18;13-10-7-5-9(6-8-10)11-3-1-2-4-12(11)14(15)16;;;/h1-18H;1-17,29H;1-10,17H;1-8H;3*1H4. The monoisotopic (exact) mass is 1430 g/mol. The molecule has 19 aromatic rings. The molecule has 494 valence electrons. The normalized spacial score (nSPS) is 10.9. The number of nitro benzene ring substituents is 2. The molecule has 0 aliphatic rings. The minimum atomic E-state index is -0.354. The van der Waals surface area contributed by atoms with Crippen molar-refractivity contribution in [2.24, 2.45) is 0 Å². The number of para-hydroxylation sites is 6. The molecule has 0 fully saturated rings. The van der Waals surface area contributed by atoms with E-state index >= 15 is 0 Å². The quantitative estimate of drug-likeness (QED) is 0.0819. The maximum atomic E-state index is 11.5. The van der Waals surface area contributed by atoms with Crippen molar-refractivity contribution >= 4 is 121 Å². The average molecular weight is 1440 g/mol. The van der Waals surface area contributed by atoms with Crippen LogP contribution in [0.1, 0.15) is 22.3 Å². The summed E-state index contributed by atoms with van der Waals surface area (Å²) in [7, 11) is 0. The van der Waals surface area contributed by atoms with E-state index in [9.17, 15) is 20.2 Å². The summed E-state index contributed by atoms with van der Waals surface area (Å²) in [6, 6.07) is 94.6. The summed E-state index contributed by atoms with van der Waals surface area (Å²) in [5.41, 5.74) is 17.6. The first-order valence-electron chi connectivity index (χ1n) is 31.6. The van der Waals surface area contributed by atoms with Gasteiger partial charge in [-0.05, 0) is 161 Å². The molecule has 0 saturated heterocycles. The Morgan fingerprint density at radius 1 is 0.307 bits per heavy atom. The van der Waals surface area contributed by atoms with Gasteiger partial charge in [0.25, 0.3) is 11.4 Å². The van der Waals surface area contributed by atoms with Gasteiger partial charge in [0, 0.05) is 129 Å². The van der Waals surface area contributed by atoms with Crippen molar-refractivity contribution in [3.8, 4) is 50.7 Å². The Kier molecular flexibility index (Phi) is 18.9. The van der Waals surface area contributed by atoms with Crippen LogP contribution in [0.15, 0.2) is 322 Å². The number of hydrogen-bond donors (Lipinski definition) is 2. The largest absolute Gasteiger partial charge is 0.354 e. The molecule has 7 aromatic heterocycles. The van der Waals surface area contributed by atoms with E-state index in [1.54, 1.807) is 42.7 Å². The van der Waals surface area contributed by atoms with Crippen LogP contribution in [-0.4, -0.2) is 58.3 Å². The number of hydrogen-bond acceptors (Lipinski definition) is 7. The van der Waals surface area contributed by atoms with Crippen molar-refractivity contribution in [3.63, 3.8) is 0 Å². The summed E-state index contributed by atoms with van der Waals surface area (Å²) in [6.45, 7) is 0. The molecule has 0 bridgehead atoms. The van der Waals surface area contributed by atoms with Gasteiger partial charge in [-0.3, -0.25) is 20.2 Å². The smallest absolute Gasteiger partial charge is 0.277 e. The van der Waals surface area contributed by atoms with Crippen LogP contribution in [0, 0.1) is 23.8 Å². The van der Waals surface area contributed by atoms with Gasteiger partial charge < -0.3 is 19.1 Å². The van der Waals surface area contributed by atoms with E-state index in [0.29, 0.717) is 11.1 Å². The molecule has 12 aromatic carbocycles. The van der Waals surface area contributed by atoms with Gasteiger partial charge in [-0.1, -0.05) is 168 Å². The number of benzene rings is 12. The molecule has 19 rings (SSSR count). The Balaban J connectivity index is 0.000000124. The van der Waals surface area contributed by atoms with Gasteiger partial charge in [-0.2, -0.15) is 15.3 Å². The van der Waals surface area contributed by atoms with Gasteiger partial charge in [-0.15, -0.1) is 0 Å². The molecule has 7 heterocycles. The Morgan fingerprint density at radius 3 is 1.07 bits per heavy atom. The summed E-state index contributed by atoms with van der Waals surface area (Å²) in [5, 5.41) is 45.2. The van der Waals surface area contributed by atoms with Gasteiger partial charge >= 0.3 is 0 Å². The number of nitrogens with zero attached hydrogens (tertiary/aromatic N) is 10. The number of nitro groups is 2. The third-order valence-corrected chi connectivity index (χ3v) is 18.4. The number of H-pyrrole nitrogens is 2. The van der Waals surface area contributed by atoms with Crippen LogP contribution < -0.4 is 0 Å². The maximum Gasteiger partial charge on any atom is 0.277 e. The lowest BCUT2D eigenvalue weighted by atomic mass is 10.0. The molecule has 17 heteroatoms. The van der Waals surface area contributed by atoms with Crippen molar-refractivity contribution in [1.82, 2.24) is 48.4 Å². The second kappa shape index (κ2) is 28.6. The molecule has 16 nitrogen and oxygen atoms in total. The molecule has 0 saturated carbocycles. The zero-order valence-corrected chi connectivity index (χ0v) is 54.2. The van der Waals surface area contributed by atoms with E-state index in [0.717, 1.165) is 76.1 Å². The van der Waals surface area contributed by atoms with Crippen LogP contribution in [0.25, 0.3) is 138 Å². The van der Waals surface area contributed by atoms with Gasteiger partial charge in [0.15, 0.2) is 0 Å². The number of rotatable bonds is 9. The van der Waals surface area contributed by atoms with Crippen LogP contribution in [0.3, 0.4) is 0 Å². The summed E-state index contributed by atoms with van der Waals surface area (Å²) in [6.07, 6.45) is 11.2. The molecule has 2 N–H and O–H groups in total. The SMILES string of the molecule is C.C.C.O=[N+]([O-])c1ccccc1-c1ccc(-n2c3ccccc3c3ccc(-n4cccn4)cc32)cc1.O=[N+]([O-])c1ccccc1-c1ccc(I)cc1.c1ccc2c(c1)[nH]c1cc(-n3c4ccccc4c4ccc(-n5cccn5)cc43)ccc12.c1ccc2c(c1)[nH]c1cc(-n3cccn3)ccc12. The fourth-order valence-electron chi connectivity index (χ4n) is 13.2. The zero-order chi connectivity index (χ0) is 66.2. The number of halogens is 1. The van der Waals surface area contributed by atoms with E-state index < -0.39 is 0 Å². The maximum absolute atomic E-state index is 11.5. The molecule has 0 radical (unpaired) electrons. The second-order valence-electron chi connectivity index (χ2n) is 23.4. The van der Waals surface area contributed by atoms with Gasteiger partial charge in [0.05, 0.1) is 60.1 Å². The number of aromatic nitrogens is 10. The van der Waals surface area contributed by atoms with Crippen molar-refractivity contribution in [3.05, 3.63) is 346 Å². The van der Waals surface area contributed by atoms with Gasteiger partial charge in [0.1, 0.15) is 0 Å². The first-order chi connectivity index (χ1) is 48.2. The molecule has 0 aliphatic carbocycles. The predicted molar refractivity (Wildman–Crippen MR) is 422 cm³/mol. The van der Waals surface area contributed by atoms with Crippen molar-refractivity contribution in [2.45, 2.75) is 22.3 Å². The summed E-state index contributed by atoms with van der Waals surface area (Å²) in [4.78, 5) is 28.7. The highest BCUT2D eigenvalue weighted by Crippen LogP contribution is 2.38. The Labute approximate surface area is 594 Å². The lowest BCUT2D eigenvalue weighted by Gasteiger charge is -2.10. The van der Waals surface area contributed by atoms with Crippen LogP contribution in [0.4, 0.5) is 11.4 Å². The van der Waals surface area contributed by atoms with Crippen molar-refractivity contribution in [1.29, 1.82) is 0 Å². The van der Waals surface area contributed by atoms with E-state index in [1.165, 1.54) is 66.4 Å². The molecule has 0 spiro atoms. The molecule has 0 unspecified atom stereocenters. The third-order valence-electron chi connectivity index (χ3n) is 17.7. The highest BCUT2D eigenvalue weighted by molar-refractivity contribution is 14.1. The molecule has 0 aliphatic heterocycles. The first kappa shape index (κ1) is 66.6. The minimum Gasteiger partial charge on any atom is -0.354 e. The van der Waals surface area contributed by atoms with E-state index in [1.807, 2.05) is 130 Å². The van der Waals surface area contributed by atoms with Gasteiger partial charge in [-0.25, -0.2) is 14.0 Å². The summed E-state index contributed by atoms with van der Waals surface area (Å²) < 4.78 is 11.3. The van der Waals surface area contributed by atoms with E-state index in [4.69, 9.17) is 0 Å². The van der Waals surface area contributed by atoms with Gasteiger partial charge in [0.2, 0.25) is 0 Å². The lowest BCUT2D eigenvalue weighted by Crippen LogP contribution is -1.97. The van der Waals surface area contributed by atoms with Crippen molar-refractivity contribution in [2.75, 3.05) is 0 Å². The second-order valence-corrected chi connectivity index (χ2v) is 24.6. The predicted octanol–water partition coefficient (Wildman–Crippen LogP) is 22.4. The average Bonchev–Trinajstić information content (AvgIpc) is 1.60. The number of nitrogens with one attached hydrogen (secondary N) is 2. The number of aromatic amines is 2. The zero-order valence-electron chi connectivity index (χ0n) is 52.1. The Morgan fingerprint density at radius 2 is 0.634 bits per heavy atom. The van der Waals surface area contributed by atoms with Crippen LogP contribution >= 0.6 is 22.6 Å². The summed E-state index contributed by atoms with van der Waals surface area (Å²) >= 11 is 2.20. The lowest BCUT2D eigenvalue weighted by molar-refractivity contribution is -0.384. The molecule has 0 atom stereocenters. The highest BCUT2D eigenvalue weighted by Gasteiger charge is 2.19. The molecular weight excluding hydrogens is 1370 g/mol. The first-order valence-corrected chi connectivity index (χ1v) is 32.7. The fraction of sp³-hybridized carbons (Fsp3) is 0.0357. The summed E-state index contributed by atoms with van der Waals surface area (Å²) in [5.74, 6) is 0. The topological polar surface area (TPSA) is 181 Å². The van der Waals surface area contributed by atoms with Crippen molar-refractivity contribution < 1.29 is 9.85 Å². The fourth-order valence-corrected chi connectivity index (χ4v) is 13.5. The van der Waals surface area contributed by atoms with E-state index in [-0.39, 0.29) is 43.5 Å². The number of fused-ring (bicyclic) bond motifs is 12. The third kappa shape index (κ3) is 12.8. The Bertz CT molecular complexity index is 6150. The van der Waals surface area contributed by atoms with Crippen LogP contribution in [-0.2, 0) is 0 Å². The molecule has 0 amide bonds. The van der Waals surface area contributed by atoms with Crippen LogP contribution in [0.5, 0.6) is 0 Å². The molecular formula is C84H67IN12O4. The van der Waals surface area contributed by atoms with Crippen LogP contribution in [0.2, 0.25) is 0 Å². The molecule has 101 heavy (non-hydrogen) atoms. The minimum absolute atomic E-state index is 0. The Hall–Kier alpha value is -13.0.